The smallest absolute Gasteiger partial charge is 0.305 e. The minimum absolute atomic E-state index is 0.126. The molecule has 1 N–H and O–H groups in total. The molecular weight excluding hydrogens is 294 g/mol. The summed E-state index contributed by atoms with van der Waals surface area (Å²) in [5.74, 6) is -0.364. The SMILES string of the molecule is COC(=O)CCCN(C)S(=O)(=O)c1cccc(C(C)O)c1. The molecule has 0 radical (unpaired) electrons. The van der Waals surface area contributed by atoms with E-state index in [4.69, 9.17) is 0 Å². The highest BCUT2D eigenvalue weighted by Crippen LogP contribution is 2.20. The maximum absolute atomic E-state index is 12.4. The number of aliphatic hydroxyl groups is 1. The van der Waals surface area contributed by atoms with Gasteiger partial charge in [-0.25, -0.2) is 12.7 Å². The van der Waals surface area contributed by atoms with Gasteiger partial charge in [-0.3, -0.25) is 4.79 Å². The van der Waals surface area contributed by atoms with Crippen LogP contribution in [0.4, 0.5) is 0 Å². The minimum Gasteiger partial charge on any atom is -0.469 e. The molecule has 1 aromatic carbocycles. The third kappa shape index (κ3) is 4.80. The van der Waals surface area contributed by atoms with Gasteiger partial charge < -0.3 is 9.84 Å². The van der Waals surface area contributed by atoms with E-state index >= 15 is 0 Å². The molecular formula is C14H21NO5S. The summed E-state index contributed by atoms with van der Waals surface area (Å²) in [6, 6.07) is 6.20. The number of benzene rings is 1. The zero-order valence-electron chi connectivity index (χ0n) is 12.4. The van der Waals surface area contributed by atoms with Crippen molar-refractivity contribution < 1.29 is 23.1 Å². The summed E-state index contributed by atoms with van der Waals surface area (Å²) >= 11 is 0. The number of hydrogen-bond donors (Lipinski definition) is 1. The largest absolute Gasteiger partial charge is 0.469 e. The van der Waals surface area contributed by atoms with Crippen LogP contribution in [-0.2, 0) is 19.6 Å². The maximum atomic E-state index is 12.4. The average Bonchev–Trinajstić information content (AvgIpc) is 2.46. The highest BCUT2D eigenvalue weighted by Gasteiger charge is 2.21. The van der Waals surface area contributed by atoms with Crippen molar-refractivity contribution in [2.45, 2.75) is 30.8 Å². The van der Waals surface area contributed by atoms with Gasteiger partial charge in [-0.05, 0) is 31.0 Å². The number of aliphatic hydroxyl groups excluding tert-OH is 1. The van der Waals surface area contributed by atoms with E-state index in [9.17, 15) is 18.3 Å². The van der Waals surface area contributed by atoms with Crippen molar-refractivity contribution in [2.24, 2.45) is 0 Å². The van der Waals surface area contributed by atoms with Crippen molar-refractivity contribution in [3.05, 3.63) is 29.8 Å². The van der Waals surface area contributed by atoms with Gasteiger partial charge in [0.15, 0.2) is 0 Å². The summed E-state index contributed by atoms with van der Waals surface area (Å²) in [5.41, 5.74) is 0.541. The lowest BCUT2D eigenvalue weighted by atomic mass is 10.1. The molecule has 6 nitrogen and oxygen atoms in total. The topological polar surface area (TPSA) is 83.9 Å². The van der Waals surface area contributed by atoms with E-state index < -0.39 is 16.1 Å². The zero-order valence-corrected chi connectivity index (χ0v) is 13.3. The van der Waals surface area contributed by atoms with E-state index in [-0.39, 0.29) is 23.8 Å². The van der Waals surface area contributed by atoms with Crippen molar-refractivity contribution in [2.75, 3.05) is 20.7 Å². The van der Waals surface area contributed by atoms with Gasteiger partial charge in [0.25, 0.3) is 0 Å². The fourth-order valence-corrected chi connectivity index (χ4v) is 3.05. The van der Waals surface area contributed by atoms with Gasteiger partial charge in [-0.2, -0.15) is 0 Å². The first-order valence-corrected chi connectivity index (χ1v) is 8.04. The molecule has 21 heavy (non-hydrogen) atoms. The number of nitrogens with zero attached hydrogens (tertiary/aromatic N) is 1. The Balaban J connectivity index is 2.80. The van der Waals surface area contributed by atoms with Crippen molar-refractivity contribution in [3.8, 4) is 0 Å². The van der Waals surface area contributed by atoms with Gasteiger partial charge in [-0.15, -0.1) is 0 Å². The number of hydrogen-bond acceptors (Lipinski definition) is 5. The Hall–Kier alpha value is -1.44. The Labute approximate surface area is 125 Å². The van der Waals surface area contributed by atoms with Crippen LogP contribution in [0.15, 0.2) is 29.2 Å². The normalized spacial score (nSPS) is 13.2. The third-order valence-electron chi connectivity index (χ3n) is 3.13. The molecule has 0 fully saturated rings. The predicted molar refractivity (Wildman–Crippen MR) is 78.1 cm³/mol. The number of carbonyl (C=O) groups is 1. The van der Waals surface area contributed by atoms with Gasteiger partial charge in [0.1, 0.15) is 0 Å². The Morgan fingerprint density at radius 2 is 2.10 bits per heavy atom. The summed E-state index contributed by atoms with van der Waals surface area (Å²) < 4.78 is 30.5. The van der Waals surface area contributed by atoms with Crippen LogP contribution in [0.3, 0.4) is 0 Å². The van der Waals surface area contributed by atoms with Crippen molar-refractivity contribution in [1.29, 1.82) is 0 Å². The molecule has 0 aliphatic heterocycles. The highest BCUT2D eigenvalue weighted by atomic mass is 32.2. The van der Waals surface area contributed by atoms with Gasteiger partial charge >= 0.3 is 5.97 Å². The van der Waals surface area contributed by atoms with Crippen molar-refractivity contribution in [3.63, 3.8) is 0 Å². The van der Waals surface area contributed by atoms with Gasteiger partial charge in [-0.1, -0.05) is 12.1 Å². The second kappa shape index (κ2) is 7.53. The van der Waals surface area contributed by atoms with Crippen LogP contribution in [0.2, 0.25) is 0 Å². The van der Waals surface area contributed by atoms with E-state index in [0.717, 1.165) is 0 Å². The van der Waals surface area contributed by atoms with E-state index in [1.165, 1.54) is 30.6 Å². The molecule has 1 rings (SSSR count). The monoisotopic (exact) mass is 315 g/mol. The Bertz CT molecular complexity index is 583. The molecule has 1 aromatic rings. The summed E-state index contributed by atoms with van der Waals surface area (Å²) in [4.78, 5) is 11.1. The van der Waals surface area contributed by atoms with Crippen LogP contribution in [0.1, 0.15) is 31.4 Å². The average molecular weight is 315 g/mol. The number of ether oxygens (including phenoxy) is 1. The minimum atomic E-state index is -3.63. The van der Waals surface area contributed by atoms with Crippen LogP contribution in [0, 0.1) is 0 Å². The fraction of sp³-hybridized carbons (Fsp3) is 0.500. The van der Waals surface area contributed by atoms with Crippen LogP contribution in [0.5, 0.6) is 0 Å². The van der Waals surface area contributed by atoms with E-state index in [2.05, 4.69) is 4.74 Å². The second-order valence-corrected chi connectivity index (χ2v) is 6.80. The molecule has 1 atom stereocenters. The second-order valence-electron chi connectivity index (χ2n) is 4.75. The number of rotatable bonds is 7. The molecule has 0 spiro atoms. The lowest BCUT2D eigenvalue weighted by Crippen LogP contribution is -2.28. The van der Waals surface area contributed by atoms with E-state index in [0.29, 0.717) is 12.0 Å². The fourth-order valence-electron chi connectivity index (χ4n) is 1.78. The Kier molecular flexibility index (Phi) is 6.32. The molecule has 0 aliphatic carbocycles. The molecule has 0 saturated carbocycles. The molecule has 7 heteroatoms. The summed E-state index contributed by atoms with van der Waals surface area (Å²) in [7, 11) is -0.874. The first kappa shape index (κ1) is 17.6. The van der Waals surface area contributed by atoms with E-state index in [1.807, 2.05) is 0 Å². The molecule has 0 saturated heterocycles. The van der Waals surface area contributed by atoms with Crippen LogP contribution >= 0.6 is 0 Å². The molecule has 0 amide bonds. The molecule has 0 heterocycles. The Morgan fingerprint density at radius 1 is 1.43 bits per heavy atom. The summed E-state index contributed by atoms with van der Waals surface area (Å²) in [5, 5.41) is 9.52. The quantitative estimate of drug-likeness (QED) is 0.767. The first-order chi connectivity index (χ1) is 9.78. The van der Waals surface area contributed by atoms with E-state index in [1.54, 1.807) is 19.1 Å². The zero-order chi connectivity index (χ0) is 16.0. The lowest BCUT2D eigenvalue weighted by Gasteiger charge is -2.17. The summed E-state index contributed by atoms with van der Waals surface area (Å²) in [6.07, 6.45) is -0.174. The number of methoxy groups -OCH3 is 1. The highest BCUT2D eigenvalue weighted by molar-refractivity contribution is 7.89. The molecule has 118 valence electrons. The van der Waals surface area contributed by atoms with Gasteiger partial charge in [0.05, 0.1) is 18.1 Å². The molecule has 0 bridgehead atoms. The third-order valence-corrected chi connectivity index (χ3v) is 4.98. The van der Waals surface area contributed by atoms with Crippen LogP contribution < -0.4 is 0 Å². The molecule has 0 aliphatic rings. The van der Waals surface area contributed by atoms with Gasteiger partial charge in [0.2, 0.25) is 10.0 Å². The lowest BCUT2D eigenvalue weighted by molar-refractivity contribution is -0.140. The number of esters is 1. The van der Waals surface area contributed by atoms with Crippen molar-refractivity contribution in [1.82, 2.24) is 4.31 Å². The van der Waals surface area contributed by atoms with Crippen molar-refractivity contribution >= 4 is 16.0 Å². The standard InChI is InChI=1S/C14H21NO5S/c1-11(16)12-6-4-7-13(10-12)21(18,19)15(2)9-5-8-14(17)20-3/h4,6-7,10-11,16H,5,8-9H2,1-3H3. The number of carbonyl (C=O) groups excluding carboxylic acids is 1. The summed E-state index contributed by atoms with van der Waals surface area (Å²) in [6.45, 7) is 1.79. The first-order valence-electron chi connectivity index (χ1n) is 6.60. The predicted octanol–water partition coefficient (Wildman–Crippen LogP) is 1.31. The molecule has 1 unspecified atom stereocenters. The van der Waals surface area contributed by atoms with Gasteiger partial charge in [0, 0.05) is 20.0 Å². The number of sulfonamides is 1. The molecule has 0 aromatic heterocycles. The van der Waals surface area contributed by atoms with Crippen LogP contribution in [0.25, 0.3) is 0 Å². The Morgan fingerprint density at radius 3 is 2.67 bits per heavy atom. The maximum Gasteiger partial charge on any atom is 0.305 e. The van der Waals surface area contributed by atoms with Crippen LogP contribution in [-0.4, -0.2) is 44.5 Å².